The third kappa shape index (κ3) is 3.28. The Hall–Kier alpha value is -1.89. The quantitative estimate of drug-likeness (QED) is 0.512. The lowest BCUT2D eigenvalue weighted by Crippen LogP contribution is -2.41. The molecular formula is C10H12O7. The highest BCUT2D eigenvalue weighted by molar-refractivity contribution is 5.90. The lowest BCUT2D eigenvalue weighted by atomic mass is 9.96. The zero-order valence-corrected chi connectivity index (χ0v) is 9.01. The van der Waals surface area contributed by atoms with Crippen molar-refractivity contribution in [3.05, 3.63) is 12.7 Å². The number of ether oxygens (including phenoxy) is 3. The molecule has 1 rings (SSSR count). The van der Waals surface area contributed by atoms with Gasteiger partial charge in [-0.1, -0.05) is 12.7 Å². The third-order valence-corrected chi connectivity index (χ3v) is 2.13. The van der Waals surface area contributed by atoms with E-state index in [-0.39, 0.29) is 13.4 Å². The lowest BCUT2D eigenvalue weighted by Gasteiger charge is -2.20. The number of hydrogen-bond donors (Lipinski definition) is 1. The monoisotopic (exact) mass is 244 g/mol. The van der Waals surface area contributed by atoms with Crippen LogP contribution >= 0.6 is 0 Å². The molecule has 0 aliphatic carbocycles. The standard InChI is InChI=1S/C10H12O7/c1-2-3-15-8(13)5-10(4-7(11)12)9(14)16-6-17-10/h2H,1,3-6H2,(H,11,12). The Bertz CT molecular complexity index is 349. The van der Waals surface area contributed by atoms with Gasteiger partial charge in [0.2, 0.25) is 0 Å². The molecule has 1 heterocycles. The molecule has 0 aromatic heterocycles. The van der Waals surface area contributed by atoms with E-state index in [4.69, 9.17) is 9.84 Å². The minimum absolute atomic E-state index is 0.0168. The Morgan fingerprint density at radius 3 is 2.71 bits per heavy atom. The molecule has 1 aliphatic heterocycles. The Morgan fingerprint density at radius 2 is 2.24 bits per heavy atom. The summed E-state index contributed by atoms with van der Waals surface area (Å²) in [7, 11) is 0. The number of hydrogen-bond acceptors (Lipinski definition) is 6. The van der Waals surface area contributed by atoms with Crippen LogP contribution in [0.5, 0.6) is 0 Å². The van der Waals surface area contributed by atoms with Crippen LogP contribution in [0.3, 0.4) is 0 Å². The molecule has 1 N–H and O–H groups in total. The van der Waals surface area contributed by atoms with E-state index >= 15 is 0 Å². The van der Waals surface area contributed by atoms with Gasteiger partial charge in [-0.05, 0) is 0 Å². The summed E-state index contributed by atoms with van der Waals surface area (Å²) < 4.78 is 14.1. The van der Waals surface area contributed by atoms with Crippen molar-refractivity contribution in [2.45, 2.75) is 18.4 Å². The molecule has 0 aromatic carbocycles. The predicted molar refractivity (Wildman–Crippen MR) is 52.8 cm³/mol. The fourth-order valence-corrected chi connectivity index (χ4v) is 1.38. The summed E-state index contributed by atoms with van der Waals surface area (Å²) in [5.74, 6) is -2.87. The second-order valence-electron chi connectivity index (χ2n) is 3.41. The Labute approximate surface area is 96.9 Å². The first kappa shape index (κ1) is 13.2. The SMILES string of the molecule is C=CCOC(=O)CC1(CC(=O)O)OCOC1=O. The lowest BCUT2D eigenvalue weighted by molar-refractivity contribution is -0.160. The van der Waals surface area contributed by atoms with E-state index in [1.807, 2.05) is 0 Å². The van der Waals surface area contributed by atoms with Gasteiger partial charge in [-0.25, -0.2) is 4.79 Å². The summed E-state index contributed by atoms with van der Waals surface area (Å²) in [6, 6.07) is 0. The highest BCUT2D eigenvalue weighted by Crippen LogP contribution is 2.28. The van der Waals surface area contributed by atoms with Crippen molar-refractivity contribution < 1.29 is 33.7 Å². The maximum absolute atomic E-state index is 11.4. The molecule has 94 valence electrons. The minimum atomic E-state index is -1.77. The number of carboxylic acid groups (broad SMARTS) is 1. The molecule has 0 saturated carbocycles. The summed E-state index contributed by atoms with van der Waals surface area (Å²) in [4.78, 5) is 33.4. The van der Waals surface area contributed by atoms with Gasteiger partial charge < -0.3 is 19.3 Å². The second-order valence-corrected chi connectivity index (χ2v) is 3.41. The van der Waals surface area contributed by atoms with Crippen molar-refractivity contribution in [2.24, 2.45) is 0 Å². The Balaban J connectivity index is 2.70. The molecule has 17 heavy (non-hydrogen) atoms. The van der Waals surface area contributed by atoms with E-state index < -0.39 is 36.4 Å². The molecular weight excluding hydrogens is 232 g/mol. The molecule has 0 spiro atoms. The van der Waals surface area contributed by atoms with Crippen molar-refractivity contribution in [3.63, 3.8) is 0 Å². The number of rotatable bonds is 6. The average molecular weight is 244 g/mol. The van der Waals surface area contributed by atoms with Gasteiger partial charge in [0.1, 0.15) is 6.61 Å². The van der Waals surface area contributed by atoms with Gasteiger partial charge in [0.25, 0.3) is 0 Å². The van der Waals surface area contributed by atoms with E-state index in [1.54, 1.807) is 0 Å². The topological polar surface area (TPSA) is 99.1 Å². The molecule has 0 bridgehead atoms. The molecule has 1 unspecified atom stereocenters. The van der Waals surface area contributed by atoms with E-state index in [9.17, 15) is 14.4 Å². The van der Waals surface area contributed by atoms with Crippen molar-refractivity contribution in [2.75, 3.05) is 13.4 Å². The van der Waals surface area contributed by atoms with Crippen molar-refractivity contribution in [1.82, 2.24) is 0 Å². The fraction of sp³-hybridized carbons (Fsp3) is 0.500. The second kappa shape index (κ2) is 5.44. The fourth-order valence-electron chi connectivity index (χ4n) is 1.38. The molecule has 1 saturated heterocycles. The van der Waals surface area contributed by atoms with Gasteiger partial charge in [-0.15, -0.1) is 0 Å². The van der Waals surface area contributed by atoms with Crippen LogP contribution in [0.4, 0.5) is 0 Å². The van der Waals surface area contributed by atoms with Crippen molar-refractivity contribution >= 4 is 17.9 Å². The molecule has 1 atom stereocenters. The van der Waals surface area contributed by atoms with Gasteiger partial charge in [0.05, 0.1) is 12.8 Å². The summed E-state index contributed by atoms with van der Waals surface area (Å²) in [5.41, 5.74) is -1.77. The van der Waals surface area contributed by atoms with E-state index in [2.05, 4.69) is 16.1 Å². The zero-order chi connectivity index (χ0) is 12.9. The average Bonchev–Trinajstić information content (AvgIpc) is 2.56. The van der Waals surface area contributed by atoms with Gasteiger partial charge in [0, 0.05) is 0 Å². The van der Waals surface area contributed by atoms with Crippen LogP contribution < -0.4 is 0 Å². The summed E-state index contributed by atoms with van der Waals surface area (Å²) >= 11 is 0. The Kier molecular flexibility index (Phi) is 4.22. The van der Waals surface area contributed by atoms with Gasteiger partial charge in [-0.3, -0.25) is 9.59 Å². The Morgan fingerprint density at radius 1 is 1.53 bits per heavy atom. The van der Waals surface area contributed by atoms with Crippen LogP contribution in [0, 0.1) is 0 Å². The predicted octanol–water partition coefficient (Wildman–Crippen LogP) is -0.150. The maximum Gasteiger partial charge on any atom is 0.341 e. The summed E-state index contributed by atoms with van der Waals surface area (Å²) in [6.45, 7) is 2.97. The number of carbonyl (C=O) groups excluding carboxylic acids is 2. The normalized spacial score (nSPS) is 22.9. The molecule has 0 amide bonds. The van der Waals surface area contributed by atoms with Gasteiger partial charge >= 0.3 is 17.9 Å². The number of carbonyl (C=O) groups is 3. The smallest absolute Gasteiger partial charge is 0.341 e. The zero-order valence-electron chi connectivity index (χ0n) is 9.01. The molecule has 1 fully saturated rings. The van der Waals surface area contributed by atoms with Crippen LogP contribution in [-0.2, 0) is 28.6 Å². The van der Waals surface area contributed by atoms with E-state index in [1.165, 1.54) is 6.08 Å². The van der Waals surface area contributed by atoms with Crippen LogP contribution in [0.15, 0.2) is 12.7 Å². The molecule has 7 nitrogen and oxygen atoms in total. The van der Waals surface area contributed by atoms with Gasteiger partial charge in [-0.2, -0.15) is 0 Å². The largest absolute Gasteiger partial charge is 0.481 e. The van der Waals surface area contributed by atoms with Crippen molar-refractivity contribution in [1.29, 1.82) is 0 Å². The first-order valence-corrected chi connectivity index (χ1v) is 4.80. The van der Waals surface area contributed by atoms with Crippen LogP contribution in [0.1, 0.15) is 12.8 Å². The van der Waals surface area contributed by atoms with E-state index in [0.29, 0.717) is 0 Å². The van der Waals surface area contributed by atoms with E-state index in [0.717, 1.165) is 0 Å². The number of aliphatic carboxylic acids is 1. The highest BCUT2D eigenvalue weighted by atomic mass is 16.7. The first-order valence-electron chi connectivity index (χ1n) is 4.80. The highest BCUT2D eigenvalue weighted by Gasteiger charge is 2.50. The maximum atomic E-state index is 11.4. The van der Waals surface area contributed by atoms with Crippen LogP contribution in [-0.4, -0.2) is 42.0 Å². The van der Waals surface area contributed by atoms with Crippen LogP contribution in [0.25, 0.3) is 0 Å². The number of cyclic esters (lactones) is 1. The van der Waals surface area contributed by atoms with Crippen molar-refractivity contribution in [3.8, 4) is 0 Å². The summed E-state index contributed by atoms with van der Waals surface area (Å²) in [5, 5.41) is 8.69. The molecule has 0 radical (unpaired) electrons. The minimum Gasteiger partial charge on any atom is -0.481 e. The summed E-state index contributed by atoms with van der Waals surface area (Å²) in [6.07, 6.45) is 0.219. The molecule has 7 heteroatoms. The van der Waals surface area contributed by atoms with Gasteiger partial charge in [0.15, 0.2) is 12.4 Å². The molecule has 0 aromatic rings. The molecule has 1 aliphatic rings. The third-order valence-electron chi connectivity index (χ3n) is 2.13. The number of carboxylic acids is 1. The first-order chi connectivity index (χ1) is 8.00. The van der Waals surface area contributed by atoms with Crippen LogP contribution in [0.2, 0.25) is 0 Å². The number of esters is 2.